The molecule has 0 aliphatic rings. The van der Waals surface area contributed by atoms with Gasteiger partial charge in [0.05, 0.1) is 12.2 Å². The molecule has 0 atom stereocenters. The van der Waals surface area contributed by atoms with Crippen molar-refractivity contribution in [3.05, 3.63) is 60.7 Å². The van der Waals surface area contributed by atoms with E-state index in [2.05, 4.69) is 26.2 Å². The Bertz CT molecular complexity index is 915. The maximum absolute atomic E-state index is 12.8. The second kappa shape index (κ2) is 8.52. The lowest BCUT2D eigenvalue weighted by molar-refractivity contribution is -0.125. The largest absolute Gasteiger partial charge is 0.484 e. The average molecular weight is 370 g/mol. The molecule has 0 radical (unpaired) electrons. The first kappa shape index (κ1) is 18.0. The molecule has 0 saturated heterocycles. The summed E-state index contributed by atoms with van der Waals surface area (Å²) in [7, 11) is 0. The van der Waals surface area contributed by atoms with Gasteiger partial charge in [-0.2, -0.15) is 0 Å². The molecular formula is C17H15FN6O3. The molecule has 138 valence electrons. The van der Waals surface area contributed by atoms with Gasteiger partial charge in [-0.3, -0.25) is 9.59 Å². The highest BCUT2D eigenvalue weighted by molar-refractivity contribution is 5.94. The summed E-state index contributed by atoms with van der Waals surface area (Å²) in [6, 6.07) is 12.2. The van der Waals surface area contributed by atoms with Gasteiger partial charge in [-0.1, -0.05) is 6.07 Å². The second-order valence-corrected chi connectivity index (χ2v) is 5.37. The Balaban J connectivity index is 1.44. The van der Waals surface area contributed by atoms with E-state index in [0.29, 0.717) is 17.1 Å². The highest BCUT2D eigenvalue weighted by atomic mass is 19.1. The molecule has 0 aliphatic heterocycles. The molecule has 0 unspecified atom stereocenters. The Morgan fingerprint density at radius 2 is 1.93 bits per heavy atom. The van der Waals surface area contributed by atoms with Crippen LogP contribution in [-0.4, -0.2) is 45.2 Å². The average Bonchev–Trinajstić information content (AvgIpc) is 3.22. The topological polar surface area (TPSA) is 111 Å². The van der Waals surface area contributed by atoms with E-state index in [9.17, 15) is 14.0 Å². The van der Waals surface area contributed by atoms with Gasteiger partial charge in [0.25, 0.3) is 5.91 Å². The van der Waals surface area contributed by atoms with Crippen LogP contribution >= 0.6 is 0 Å². The third-order valence-electron chi connectivity index (χ3n) is 3.38. The van der Waals surface area contributed by atoms with Crippen molar-refractivity contribution < 1.29 is 18.7 Å². The van der Waals surface area contributed by atoms with Gasteiger partial charge in [0.1, 0.15) is 17.9 Å². The van der Waals surface area contributed by atoms with Gasteiger partial charge in [-0.25, -0.2) is 9.07 Å². The number of hydrogen-bond donors (Lipinski definition) is 2. The number of carbonyl (C=O) groups is 2. The summed E-state index contributed by atoms with van der Waals surface area (Å²) in [5.74, 6) is -0.843. The zero-order chi connectivity index (χ0) is 19.1. The van der Waals surface area contributed by atoms with E-state index in [1.54, 1.807) is 24.3 Å². The van der Waals surface area contributed by atoms with Crippen LogP contribution in [0, 0.1) is 5.82 Å². The molecule has 0 bridgehead atoms. The number of amides is 2. The number of carbonyl (C=O) groups excluding carboxylic acids is 2. The number of nitrogens with zero attached hydrogens (tertiary/aromatic N) is 4. The Kier molecular flexibility index (Phi) is 5.67. The quantitative estimate of drug-likeness (QED) is 0.640. The van der Waals surface area contributed by atoms with E-state index in [1.165, 1.54) is 35.3 Å². The van der Waals surface area contributed by atoms with Crippen LogP contribution in [0.4, 0.5) is 10.1 Å². The number of ether oxygens (including phenoxy) is 1. The third-order valence-corrected chi connectivity index (χ3v) is 3.38. The molecule has 10 heteroatoms. The number of rotatable bonds is 7. The highest BCUT2D eigenvalue weighted by Crippen LogP contribution is 2.15. The van der Waals surface area contributed by atoms with Gasteiger partial charge in [0.2, 0.25) is 5.91 Å². The summed E-state index contributed by atoms with van der Waals surface area (Å²) in [5.41, 5.74) is 1.11. The van der Waals surface area contributed by atoms with E-state index in [0.717, 1.165) is 0 Å². The normalized spacial score (nSPS) is 10.3. The minimum atomic E-state index is -0.461. The number of hydrogen-bond acceptors (Lipinski definition) is 6. The lowest BCUT2D eigenvalue weighted by Gasteiger charge is -2.09. The van der Waals surface area contributed by atoms with E-state index in [1.807, 2.05) is 0 Å². The third kappa shape index (κ3) is 5.33. The Morgan fingerprint density at radius 3 is 2.67 bits per heavy atom. The van der Waals surface area contributed by atoms with Crippen molar-refractivity contribution in [2.75, 3.05) is 18.5 Å². The van der Waals surface area contributed by atoms with Gasteiger partial charge in [0.15, 0.2) is 6.61 Å². The van der Waals surface area contributed by atoms with Gasteiger partial charge in [0, 0.05) is 11.8 Å². The molecule has 0 fully saturated rings. The maximum Gasteiger partial charge on any atom is 0.258 e. The smallest absolute Gasteiger partial charge is 0.258 e. The van der Waals surface area contributed by atoms with Gasteiger partial charge in [-0.15, -0.1) is 5.10 Å². The molecule has 2 aromatic carbocycles. The first-order valence-corrected chi connectivity index (χ1v) is 7.88. The molecule has 27 heavy (non-hydrogen) atoms. The predicted octanol–water partition coefficient (Wildman–Crippen LogP) is 0.935. The van der Waals surface area contributed by atoms with Crippen molar-refractivity contribution in [3.63, 3.8) is 0 Å². The number of benzene rings is 2. The summed E-state index contributed by atoms with van der Waals surface area (Å²) in [6.45, 7) is -0.493. The number of halogens is 1. The molecule has 0 spiro atoms. The van der Waals surface area contributed by atoms with E-state index in [4.69, 9.17) is 4.74 Å². The van der Waals surface area contributed by atoms with Gasteiger partial charge in [-0.05, 0) is 46.8 Å². The molecule has 3 aromatic rings. The van der Waals surface area contributed by atoms with E-state index in [-0.39, 0.29) is 13.2 Å². The molecule has 0 saturated carbocycles. The van der Waals surface area contributed by atoms with Crippen LogP contribution in [0.1, 0.15) is 0 Å². The van der Waals surface area contributed by atoms with Crippen molar-refractivity contribution in [3.8, 4) is 11.4 Å². The van der Waals surface area contributed by atoms with Gasteiger partial charge >= 0.3 is 0 Å². The van der Waals surface area contributed by atoms with Crippen LogP contribution in [0.25, 0.3) is 5.69 Å². The van der Waals surface area contributed by atoms with Crippen LogP contribution in [0.2, 0.25) is 0 Å². The molecule has 2 amide bonds. The van der Waals surface area contributed by atoms with E-state index < -0.39 is 17.6 Å². The Morgan fingerprint density at radius 1 is 1.11 bits per heavy atom. The molecule has 2 N–H and O–H groups in total. The van der Waals surface area contributed by atoms with E-state index >= 15 is 0 Å². The number of nitrogens with one attached hydrogen (secondary N) is 2. The lowest BCUT2D eigenvalue weighted by Crippen LogP contribution is -2.35. The van der Waals surface area contributed by atoms with Crippen LogP contribution in [0.5, 0.6) is 5.75 Å². The Labute approximate surface area is 153 Å². The van der Waals surface area contributed by atoms with Gasteiger partial charge < -0.3 is 15.4 Å². The highest BCUT2D eigenvalue weighted by Gasteiger charge is 2.08. The zero-order valence-electron chi connectivity index (χ0n) is 14.0. The zero-order valence-corrected chi connectivity index (χ0v) is 14.0. The summed E-state index contributed by atoms with van der Waals surface area (Å²) in [4.78, 5) is 23.6. The summed E-state index contributed by atoms with van der Waals surface area (Å²) < 4.78 is 19.7. The monoisotopic (exact) mass is 370 g/mol. The van der Waals surface area contributed by atoms with Crippen molar-refractivity contribution in [1.29, 1.82) is 0 Å². The predicted molar refractivity (Wildman–Crippen MR) is 92.7 cm³/mol. The van der Waals surface area contributed by atoms with Crippen LogP contribution in [-0.2, 0) is 9.59 Å². The fourth-order valence-electron chi connectivity index (χ4n) is 2.11. The van der Waals surface area contributed by atoms with Crippen molar-refractivity contribution >= 4 is 17.5 Å². The first-order valence-electron chi connectivity index (χ1n) is 7.88. The standard InChI is InChI=1S/C17H15FN6O3/c18-12-4-6-13(7-5-12)21-16(25)9-19-17(26)10-27-15-3-1-2-14(8-15)24-11-20-22-23-24/h1-8,11H,9-10H2,(H,19,26)(H,21,25). The second-order valence-electron chi connectivity index (χ2n) is 5.37. The number of tetrazole rings is 1. The van der Waals surface area contributed by atoms with Crippen molar-refractivity contribution in [2.24, 2.45) is 0 Å². The molecular weight excluding hydrogens is 355 g/mol. The fourth-order valence-corrected chi connectivity index (χ4v) is 2.11. The fraction of sp³-hybridized carbons (Fsp3) is 0.118. The number of anilines is 1. The Hall–Kier alpha value is -3.82. The molecule has 1 aromatic heterocycles. The minimum Gasteiger partial charge on any atom is -0.484 e. The van der Waals surface area contributed by atoms with Crippen LogP contribution in [0.3, 0.4) is 0 Å². The summed E-state index contributed by atoms with van der Waals surface area (Å²) in [5, 5.41) is 15.8. The first-order chi connectivity index (χ1) is 13.1. The van der Waals surface area contributed by atoms with Crippen molar-refractivity contribution in [2.45, 2.75) is 0 Å². The number of aromatic nitrogens is 4. The lowest BCUT2D eigenvalue weighted by atomic mass is 10.3. The molecule has 1 heterocycles. The molecule has 0 aliphatic carbocycles. The summed E-state index contributed by atoms with van der Waals surface area (Å²) in [6.07, 6.45) is 1.44. The minimum absolute atomic E-state index is 0.232. The van der Waals surface area contributed by atoms with Crippen LogP contribution in [0.15, 0.2) is 54.9 Å². The molecule has 3 rings (SSSR count). The van der Waals surface area contributed by atoms with Crippen LogP contribution < -0.4 is 15.4 Å². The summed E-state index contributed by atoms with van der Waals surface area (Å²) >= 11 is 0. The van der Waals surface area contributed by atoms with Crippen molar-refractivity contribution in [1.82, 2.24) is 25.5 Å². The SMILES string of the molecule is O=C(COc1cccc(-n2cnnn2)c1)NCC(=O)Nc1ccc(F)cc1. The maximum atomic E-state index is 12.8. The molecule has 9 nitrogen and oxygen atoms in total.